The van der Waals surface area contributed by atoms with Gasteiger partial charge in [-0.3, -0.25) is 9.55 Å². The molecular weight excluding hydrogens is 767 g/mol. The Balaban J connectivity index is 1.43. The monoisotopic (exact) mass is 836 g/mol. The molecular formula is C59H63N3O. The molecule has 63 heavy (non-hydrogen) atoms. The predicted molar refractivity (Wildman–Crippen MR) is 267 cm³/mol. The lowest BCUT2D eigenvalue weighted by molar-refractivity contribution is 0.446. The Labute approximate surface area is 384 Å². The largest absolute Gasteiger partial charge is 0.507 e. The summed E-state index contributed by atoms with van der Waals surface area (Å²) < 4.78 is 52.5. The number of phenols is 1. The van der Waals surface area contributed by atoms with E-state index in [1.807, 2.05) is 6.07 Å². The van der Waals surface area contributed by atoms with Gasteiger partial charge in [0.15, 0.2) is 0 Å². The third kappa shape index (κ3) is 8.36. The van der Waals surface area contributed by atoms with E-state index in [0.29, 0.717) is 22.6 Å². The fourth-order valence-electron chi connectivity index (χ4n) is 8.57. The van der Waals surface area contributed by atoms with E-state index in [-0.39, 0.29) is 44.6 Å². The van der Waals surface area contributed by atoms with Crippen LogP contribution in [0.5, 0.6) is 5.75 Å². The summed E-state index contributed by atoms with van der Waals surface area (Å²) in [5.74, 6) is 0.958. The van der Waals surface area contributed by atoms with Crippen LogP contribution < -0.4 is 0 Å². The number of pyridine rings is 1. The summed E-state index contributed by atoms with van der Waals surface area (Å²) in [6.07, 6.45) is 1.61. The fourth-order valence-corrected chi connectivity index (χ4v) is 8.57. The van der Waals surface area contributed by atoms with Gasteiger partial charge in [0.05, 0.1) is 28.0 Å². The average molecular weight is 836 g/mol. The first kappa shape index (κ1) is 36.2. The maximum Gasteiger partial charge on any atom is 0.149 e. The Kier molecular flexibility index (Phi) is 9.28. The molecule has 1 N–H and O–H groups in total. The molecule has 0 fully saturated rings. The smallest absolute Gasteiger partial charge is 0.149 e. The maximum absolute atomic E-state index is 12.5. The summed E-state index contributed by atoms with van der Waals surface area (Å²) in [5.41, 5.74) is 12.4. The number of aromatic nitrogens is 3. The third-order valence-corrected chi connectivity index (χ3v) is 12.2. The first-order chi connectivity index (χ1) is 32.1. The van der Waals surface area contributed by atoms with Crippen LogP contribution in [0.1, 0.15) is 124 Å². The Morgan fingerprint density at radius 2 is 1.24 bits per heavy atom. The second-order valence-corrected chi connectivity index (χ2v) is 20.4. The molecule has 0 saturated carbocycles. The lowest BCUT2D eigenvalue weighted by Gasteiger charge is -2.28. The minimum atomic E-state index is -2.56. The van der Waals surface area contributed by atoms with Crippen molar-refractivity contribution in [3.05, 3.63) is 167 Å². The number of nitrogens with zero attached hydrogens (tertiary/aromatic N) is 3. The number of hydrogen-bond donors (Lipinski definition) is 1. The van der Waals surface area contributed by atoms with Gasteiger partial charge in [-0.2, -0.15) is 0 Å². The quantitative estimate of drug-likeness (QED) is 0.174. The average Bonchev–Trinajstić information content (AvgIpc) is 3.66. The first-order valence-corrected chi connectivity index (χ1v) is 22.0. The number of rotatable bonds is 7. The number of fused-ring (bicyclic) bond motifs is 1. The second-order valence-electron chi connectivity index (χ2n) is 20.4. The van der Waals surface area contributed by atoms with Gasteiger partial charge in [0.1, 0.15) is 11.6 Å². The molecule has 4 nitrogen and oxygen atoms in total. The van der Waals surface area contributed by atoms with Gasteiger partial charge in [-0.05, 0) is 140 Å². The molecule has 320 valence electrons. The van der Waals surface area contributed by atoms with Crippen molar-refractivity contribution in [3.63, 3.8) is 0 Å². The Hall–Kier alpha value is -6.26. The first-order valence-electron chi connectivity index (χ1n) is 25.0. The third-order valence-electron chi connectivity index (χ3n) is 12.2. The van der Waals surface area contributed by atoms with E-state index in [2.05, 4.69) is 172 Å². The summed E-state index contributed by atoms with van der Waals surface area (Å²) in [7, 11) is 0. The normalized spacial score (nSPS) is 14.2. The number of para-hydroxylation sites is 1. The van der Waals surface area contributed by atoms with Gasteiger partial charge in [0.25, 0.3) is 0 Å². The van der Waals surface area contributed by atoms with Crippen molar-refractivity contribution in [3.8, 4) is 67.5 Å². The van der Waals surface area contributed by atoms with Crippen LogP contribution in [0.4, 0.5) is 0 Å². The van der Waals surface area contributed by atoms with Gasteiger partial charge >= 0.3 is 0 Å². The molecule has 0 atom stereocenters. The Morgan fingerprint density at radius 1 is 0.571 bits per heavy atom. The highest BCUT2D eigenvalue weighted by molar-refractivity contribution is 5.97. The van der Waals surface area contributed by atoms with Gasteiger partial charge in [0, 0.05) is 31.1 Å². The van der Waals surface area contributed by atoms with Crippen molar-refractivity contribution in [1.29, 1.82) is 0 Å². The zero-order valence-electron chi connectivity index (χ0n) is 44.6. The molecule has 0 spiro atoms. The molecule has 0 saturated heterocycles. The Bertz CT molecular complexity index is 3200. The lowest BCUT2D eigenvalue weighted by atomic mass is 9.79. The van der Waals surface area contributed by atoms with Crippen molar-refractivity contribution >= 4 is 11.0 Å². The van der Waals surface area contributed by atoms with Crippen LogP contribution in [-0.4, -0.2) is 19.6 Å². The molecule has 0 bridgehead atoms. The molecule has 2 aromatic heterocycles. The summed E-state index contributed by atoms with van der Waals surface area (Å²) in [6, 6.07) is 41.8. The van der Waals surface area contributed by atoms with E-state index >= 15 is 0 Å². The van der Waals surface area contributed by atoms with Gasteiger partial charge in [-0.1, -0.05) is 155 Å². The van der Waals surface area contributed by atoms with Crippen molar-refractivity contribution in [2.75, 3.05) is 0 Å². The molecule has 6 aromatic carbocycles. The summed E-state index contributed by atoms with van der Waals surface area (Å²) >= 11 is 0. The zero-order chi connectivity index (χ0) is 50.2. The molecule has 0 aliphatic heterocycles. The van der Waals surface area contributed by atoms with E-state index < -0.39 is 13.7 Å². The fraction of sp³-hybridized carbons (Fsp3) is 0.288. The van der Waals surface area contributed by atoms with Crippen LogP contribution in [0.2, 0.25) is 0 Å². The van der Waals surface area contributed by atoms with E-state index in [1.54, 1.807) is 18.3 Å². The van der Waals surface area contributed by atoms with Gasteiger partial charge in [0.2, 0.25) is 0 Å². The predicted octanol–water partition coefficient (Wildman–Crippen LogP) is 16.1. The highest BCUT2D eigenvalue weighted by Crippen LogP contribution is 2.46. The van der Waals surface area contributed by atoms with Crippen LogP contribution in [0, 0.1) is 13.7 Å². The van der Waals surface area contributed by atoms with Gasteiger partial charge in [-0.15, -0.1) is 0 Å². The van der Waals surface area contributed by atoms with Crippen LogP contribution >= 0.6 is 0 Å². The molecule has 8 rings (SSSR count). The Morgan fingerprint density at radius 3 is 1.89 bits per heavy atom. The van der Waals surface area contributed by atoms with Crippen LogP contribution in [0.3, 0.4) is 0 Å². The molecule has 0 aliphatic rings. The molecule has 0 aliphatic carbocycles. The summed E-state index contributed by atoms with van der Waals surface area (Å²) in [4.78, 5) is 10.4. The maximum atomic E-state index is 12.5. The molecule has 0 unspecified atom stereocenters. The van der Waals surface area contributed by atoms with Crippen molar-refractivity contribution in [2.45, 2.75) is 112 Å². The van der Waals surface area contributed by atoms with Crippen molar-refractivity contribution in [2.24, 2.45) is 0 Å². The number of aromatic hydroxyl groups is 1. The van der Waals surface area contributed by atoms with E-state index in [1.165, 1.54) is 18.2 Å². The van der Waals surface area contributed by atoms with E-state index in [4.69, 9.17) is 18.2 Å². The van der Waals surface area contributed by atoms with Gasteiger partial charge in [-0.25, -0.2) is 4.98 Å². The molecule has 2 heterocycles. The number of hydrogen-bond acceptors (Lipinski definition) is 3. The highest BCUT2D eigenvalue weighted by Gasteiger charge is 2.30. The molecule has 0 amide bonds. The van der Waals surface area contributed by atoms with Crippen molar-refractivity contribution < 1.29 is 13.3 Å². The zero-order valence-corrected chi connectivity index (χ0v) is 38.6. The lowest BCUT2D eigenvalue weighted by Crippen LogP contribution is -2.17. The van der Waals surface area contributed by atoms with Crippen LogP contribution in [0.15, 0.2) is 134 Å². The second kappa shape index (κ2) is 16.1. The van der Waals surface area contributed by atoms with Crippen LogP contribution in [0.25, 0.3) is 72.7 Å². The molecule has 4 heteroatoms. The minimum Gasteiger partial charge on any atom is -0.507 e. The number of imidazole rings is 1. The number of phenolic OH excluding ortho intramolecular Hbond substituents is 1. The molecule has 8 aromatic rings. The topological polar surface area (TPSA) is 50.9 Å². The highest BCUT2D eigenvalue weighted by atomic mass is 16.3. The standard InChI is InChI=1S/C59H63N3O/c1-36(2)47-32-40(39-21-15-14-16-22-39)25-26-51(47)62-52-24-18-23-46(54(52)61-56(62)48-34-45(58(8,9)10)35-49(55(48)63)59(11,12)13)42-29-43(31-44(30-42)57(5,6)7)50-33-41(27-28-60-50)53-37(3)19-17-20-38(53)4/h14-36,63H,1-13H3/i3D3,4D3. The van der Waals surface area contributed by atoms with E-state index in [9.17, 15) is 5.11 Å². The minimum absolute atomic E-state index is 0.0282. The molecule has 0 radical (unpaired) electrons. The number of aryl methyl sites for hydroxylation is 2. The SMILES string of the molecule is [2H]C([2H])([2H])c1cccc(C([2H])([2H])[2H])c1-c1ccnc(-c2cc(-c3cccc4c3nc(-c3cc(C(C)(C)C)cc(C(C)(C)C)c3O)n4-c3ccc(-c4ccccc4)cc3C(C)C)cc(C(C)(C)C)c2)c1. The van der Waals surface area contributed by atoms with Crippen molar-refractivity contribution in [1.82, 2.24) is 14.5 Å². The van der Waals surface area contributed by atoms with Gasteiger partial charge < -0.3 is 5.11 Å². The van der Waals surface area contributed by atoms with Crippen LogP contribution in [-0.2, 0) is 16.2 Å². The number of benzene rings is 6. The summed E-state index contributed by atoms with van der Waals surface area (Å²) in [6.45, 7) is 18.7. The van der Waals surface area contributed by atoms with E-state index in [0.717, 1.165) is 66.8 Å². The summed E-state index contributed by atoms with van der Waals surface area (Å²) in [5, 5.41) is 12.5.